The molecule has 1 fully saturated rings. The van der Waals surface area contributed by atoms with Crippen molar-refractivity contribution < 1.29 is 76.6 Å². The van der Waals surface area contributed by atoms with Crippen molar-refractivity contribution in [3.63, 3.8) is 0 Å². The van der Waals surface area contributed by atoms with Gasteiger partial charge in [0.1, 0.15) is 79.2 Å². The molecule has 1 heterocycles. The summed E-state index contributed by atoms with van der Waals surface area (Å²) in [7, 11) is 9.70. The molecule has 0 aromatic carbocycles. The monoisotopic (exact) mass is 1420 g/mol. The molecule has 0 saturated carbocycles. The highest BCUT2D eigenvalue weighted by molar-refractivity contribution is 5.99. The van der Waals surface area contributed by atoms with Crippen LogP contribution in [-0.4, -0.2) is 254 Å². The van der Waals surface area contributed by atoms with E-state index in [2.05, 4.69) is 37.2 Å². The van der Waals surface area contributed by atoms with E-state index in [1.54, 1.807) is 62.3 Å². The molecule has 0 spiro atoms. The van der Waals surface area contributed by atoms with Crippen molar-refractivity contribution in [3.05, 3.63) is 0 Å². The number of nitrogens with zero attached hydrogens (tertiary/aromatic N) is 6. The van der Waals surface area contributed by atoms with E-state index in [4.69, 9.17) is 9.47 Å². The zero-order valence-electron chi connectivity index (χ0n) is 65.0. The van der Waals surface area contributed by atoms with E-state index < -0.39 is 191 Å². The Morgan fingerprint density at radius 3 is 1.61 bits per heavy atom. The van der Waals surface area contributed by atoms with Crippen molar-refractivity contribution in [2.75, 3.05) is 69.1 Å². The predicted octanol–water partition coefficient (Wildman–Crippen LogP) is 2.61. The fourth-order valence-electron chi connectivity index (χ4n) is 11.9. The summed E-state index contributed by atoms with van der Waals surface area (Å²) in [5.41, 5.74) is 0. The lowest BCUT2D eigenvalue weighted by atomic mass is 9.93. The first kappa shape index (κ1) is 90.6. The molecule has 0 unspecified atom stereocenters. The van der Waals surface area contributed by atoms with Crippen LogP contribution in [0.3, 0.4) is 0 Å². The van der Waals surface area contributed by atoms with E-state index in [0.717, 1.165) is 9.80 Å². The lowest BCUT2D eigenvalue weighted by Crippen LogP contribution is -2.63. The number of hydrogen-bond acceptors (Lipinski definition) is 16. The fourth-order valence-corrected chi connectivity index (χ4v) is 11.9. The summed E-state index contributed by atoms with van der Waals surface area (Å²) >= 11 is 0. The van der Waals surface area contributed by atoms with Crippen LogP contribution in [0.15, 0.2) is 0 Å². The fraction of sp³-hybridized carbons (Fsp3) is 0.803. The second-order valence-corrected chi connectivity index (χ2v) is 29.4. The second kappa shape index (κ2) is 42.7. The molecule has 15 atom stereocenters. The van der Waals surface area contributed by atoms with Gasteiger partial charge in [-0.3, -0.25) is 67.1 Å². The number of rotatable bonds is 21. The summed E-state index contributed by atoms with van der Waals surface area (Å²) in [5, 5.41) is 19.4. The van der Waals surface area contributed by atoms with Crippen LogP contribution < -0.4 is 37.2 Å². The smallest absolute Gasteiger partial charge is 0.307 e. The topological polar surface area (TPSA) is 361 Å². The summed E-state index contributed by atoms with van der Waals surface area (Å²) in [6.07, 6.45) is -0.829. The molecule has 1 rings (SSSR count). The van der Waals surface area contributed by atoms with Crippen LogP contribution >= 0.6 is 0 Å². The first-order valence-corrected chi connectivity index (χ1v) is 35.7. The summed E-state index contributed by atoms with van der Waals surface area (Å²) in [6.45, 7) is 32.0. The van der Waals surface area contributed by atoms with Crippen LogP contribution in [0, 0.1) is 47.3 Å². The van der Waals surface area contributed by atoms with E-state index in [9.17, 15) is 62.3 Å². The Kier molecular flexibility index (Phi) is 38.7. The maximum Gasteiger partial charge on any atom is 0.307 e. The largest absolute Gasteiger partial charge is 0.460 e. The normalized spacial score (nSPS) is 25.4. The quantitative estimate of drug-likeness (QED) is 0.0812. The molecule has 1 aliphatic heterocycles. The van der Waals surface area contributed by atoms with Gasteiger partial charge in [-0.25, -0.2) is 0 Å². The lowest BCUT2D eigenvalue weighted by Gasteiger charge is -2.37. The third-order valence-corrected chi connectivity index (χ3v) is 19.0. The molecule has 0 radical (unpaired) electrons. The Labute approximate surface area is 595 Å². The van der Waals surface area contributed by atoms with Crippen LogP contribution in [0.2, 0.25) is 0 Å². The van der Waals surface area contributed by atoms with Gasteiger partial charge in [-0.15, -0.1) is 0 Å². The highest BCUT2D eigenvalue weighted by atomic mass is 16.5. The number of amides is 13. The van der Waals surface area contributed by atoms with Crippen LogP contribution in [0.25, 0.3) is 0 Å². The molecule has 0 aromatic heterocycles. The van der Waals surface area contributed by atoms with Crippen molar-refractivity contribution >= 4 is 82.8 Å². The summed E-state index contributed by atoms with van der Waals surface area (Å²) in [5.74, 6) is -12.8. The third kappa shape index (κ3) is 26.8. The maximum atomic E-state index is 15.4. The van der Waals surface area contributed by atoms with Gasteiger partial charge in [-0.2, -0.15) is 0 Å². The first-order chi connectivity index (χ1) is 46.4. The number of hydrogen-bond donors (Lipinski definition) is 7. The molecule has 1 aliphatic rings. The average Bonchev–Trinajstić information content (AvgIpc) is 0.829. The summed E-state index contributed by atoms with van der Waals surface area (Å²) < 4.78 is 10.9. The van der Waals surface area contributed by atoms with Gasteiger partial charge in [0, 0.05) is 68.9 Å². The van der Waals surface area contributed by atoms with Crippen molar-refractivity contribution in [1.82, 2.24) is 66.6 Å². The van der Waals surface area contributed by atoms with E-state index in [1.807, 2.05) is 48.5 Å². The van der Waals surface area contributed by atoms with Gasteiger partial charge in [-0.1, -0.05) is 130 Å². The number of nitrogens with one attached hydrogen (secondary N) is 7. The van der Waals surface area contributed by atoms with Gasteiger partial charge in [-0.05, 0) is 87.4 Å². The minimum atomic E-state index is -1.77. The number of carbonyl (C=O) groups is 14. The Hall–Kier alpha value is -7.46. The van der Waals surface area contributed by atoms with Gasteiger partial charge in [0.25, 0.3) is 0 Å². The third-order valence-electron chi connectivity index (χ3n) is 19.0. The molecule has 1 saturated heterocycles. The van der Waals surface area contributed by atoms with E-state index in [-0.39, 0.29) is 63.1 Å². The number of cyclic esters (lactones) is 1. The van der Waals surface area contributed by atoms with Gasteiger partial charge in [0.2, 0.25) is 76.8 Å². The minimum Gasteiger partial charge on any atom is -0.460 e. The van der Waals surface area contributed by atoms with Gasteiger partial charge in [0.05, 0.1) is 6.42 Å². The number of likely N-dealkylation sites (N-methyl/N-ethyl adjacent to an activating group) is 6. The Balaban J connectivity index is 4.31. The SMILES string of the molecule is CC[C@@H](C)[C@H]1C(=O)N[C@@H](C(C)C)C(=O)N(C)CCC(=O)O[C@H](C)[C@H](NC(=O)[C@@H](CC(C)C)N(C)C(=O)[C@@H](NC(=O)COC)C(C)C)C(=O)N(C)[C@H](CC(C)C)C(=O)N[C@H](CC(C)C)C(=O)N[C@@H](C)C(=O)N(C)[C@@H](C)C(=O)N(C)[C@@H]([C@@H](C)CC)C(=O)N[C@H]([C@H](C)CC)C(=O)NCCC(=O)N1C. The second-order valence-electron chi connectivity index (χ2n) is 29.4. The van der Waals surface area contributed by atoms with Crippen LogP contribution in [-0.2, 0) is 76.6 Å². The van der Waals surface area contributed by atoms with Gasteiger partial charge in [0.15, 0.2) is 0 Å². The van der Waals surface area contributed by atoms with Crippen molar-refractivity contribution in [2.45, 2.75) is 255 Å². The molecule has 13 amide bonds. The molecule has 100 heavy (non-hydrogen) atoms. The molecule has 572 valence electrons. The Morgan fingerprint density at radius 1 is 0.590 bits per heavy atom. The van der Waals surface area contributed by atoms with Gasteiger partial charge < -0.3 is 76.1 Å². The van der Waals surface area contributed by atoms with Crippen molar-refractivity contribution in [3.8, 4) is 0 Å². The van der Waals surface area contributed by atoms with Crippen LogP contribution in [0.4, 0.5) is 0 Å². The number of esters is 1. The number of ether oxygens (including phenoxy) is 2. The lowest BCUT2D eigenvalue weighted by molar-refractivity contribution is -0.157. The van der Waals surface area contributed by atoms with E-state index in [0.29, 0.717) is 19.3 Å². The predicted molar refractivity (Wildman–Crippen MR) is 379 cm³/mol. The number of carbonyl (C=O) groups excluding carboxylic acids is 14. The summed E-state index contributed by atoms with van der Waals surface area (Å²) in [4.78, 5) is 208. The van der Waals surface area contributed by atoms with Crippen LogP contribution in [0.5, 0.6) is 0 Å². The highest BCUT2D eigenvalue weighted by Crippen LogP contribution is 2.23. The highest BCUT2D eigenvalue weighted by Gasteiger charge is 2.44. The van der Waals surface area contributed by atoms with E-state index in [1.165, 1.54) is 89.8 Å². The molecule has 29 nitrogen and oxygen atoms in total. The average molecular weight is 1420 g/mol. The maximum absolute atomic E-state index is 15.4. The zero-order valence-corrected chi connectivity index (χ0v) is 65.0. The van der Waals surface area contributed by atoms with Gasteiger partial charge >= 0.3 is 5.97 Å². The molecule has 29 heteroatoms. The van der Waals surface area contributed by atoms with Crippen LogP contribution in [0.1, 0.15) is 183 Å². The number of methoxy groups -OCH3 is 1. The van der Waals surface area contributed by atoms with Crippen molar-refractivity contribution in [1.29, 1.82) is 0 Å². The minimum absolute atomic E-state index is 0.00378. The molecular formula is C71H127N13O16. The molecule has 7 N–H and O–H groups in total. The molecule has 0 aromatic rings. The standard InChI is InChI=1S/C71H127N13O16/c1-27-43(14)57-64(91)72-32-30-53(86)83(24)59(44(15)28-2)65(92)76-55(41(10)11)69(96)79(20)33-31-54(87)100-48(19)58(78-63(90)51(36-40(8)9)81(22)70(97)56(42(12)13)75-52(85)37-99-26)71(98)82(23)50(35-39(6)7)62(89)74-49(34-38(4)5)61(88)73-46(17)67(94)80(21)47(18)68(95)84(25)60(45(16)29-3)66(93)77-57/h38-51,55-60H,27-37H2,1-26H3,(H,72,91)(H,73,88)(H,74,89)(H,75,85)(H,76,92)(H,77,93)(H,78,90)/t43-,44-,45+,46+,47+,48-,49-,50-,51-,55+,56+,57-,58+,59+,60+/m1/s1. The molecule has 0 aliphatic carbocycles. The summed E-state index contributed by atoms with van der Waals surface area (Å²) in [6, 6.07) is -13.8. The van der Waals surface area contributed by atoms with E-state index >= 15 is 4.79 Å². The molecule has 0 bridgehead atoms. The van der Waals surface area contributed by atoms with Crippen molar-refractivity contribution in [2.24, 2.45) is 47.3 Å². The first-order valence-electron chi connectivity index (χ1n) is 35.7. The Morgan fingerprint density at radius 2 is 1.12 bits per heavy atom. The molecular weight excluding hydrogens is 1290 g/mol. The zero-order chi connectivity index (χ0) is 77.2. The Bertz CT molecular complexity index is 2780.